The summed E-state index contributed by atoms with van der Waals surface area (Å²) in [4.78, 5) is 11.6. The van der Waals surface area contributed by atoms with E-state index in [1.165, 1.54) is 0 Å². The molecule has 0 radical (unpaired) electrons. The second kappa shape index (κ2) is 5.47. The number of nitrogens with zero attached hydrogens (tertiary/aromatic N) is 3. The van der Waals surface area contributed by atoms with Crippen LogP contribution in [0.1, 0.15) is 11.4 Å². The summed E-state index contributed by atoms with van der Waals surface area (Å²) < 4.78 is 5.11. The van der Waals surface area contributed by atoms with E-state index < -0.39 is 0 Å². The van der Waals surface area contributed by atoms with Crippen LogP contribution >= 0.6 is 0 Å². The van der Waals surface area contributed by atoms with Crippen LogP contribution in [-0.4, -0.2) is 22.1 Å². The van der Waals surface area contributed by atoms with E-state index in [1.807, 2.05) is 36.4 Å². The molecule has 3 rings (SSSR count). The molecule has 0 saturated heterocycles. The van der Waals surface area contributed by atoms with E-state index in [4.69, 9.17) is 4.74 Å². The van der Waals surface area contributed by atoms with Crippen molar-refractivity contribution in [2.24, 2.45) is 0 Å². The summed E-state index contributed by atoms with van der Waals surface area (Å²) in [5.74, 6) is 1.29. The van der Waals surface area contributed by atoms with Gasteiger partial charge >= 0.3 is 0 Å². The number of methoxy groups -OCH3 is 1. The normalized spacial score (nSPS) is 11.3. The van der Waals surface area contributed by atoms with E-state index in [2.05, 4.69) is 21.0 Å². The Labute approximate surface area is 121 Å². The summed E-state index contributed by atoms with van der Waals surface area (Å²) in [5, 5.41) is 9.34. The molecule has 5 nitrogen and oxygen atoms in total. The maximum Gasteiger partial charge on any atom is 0.178 e. The Morgan fingerprint density at radius 1 is 1.29 bits per heavy atom. The van der Waals surface area contributed by atoms with Crippen molar-refractivity contribution >= 4 is 22.8 Å². The average Bonchev–Trinajstić information content (AvgIpc) is 2.97. The molecule has 102 valence electrons. The Morgan fingerprint density at radius 2 is 2.10 bits per heavy atom. The van der Waals surface area contributed by atoms with Crippen LogP contribution in [0.25, 0.3) is 22.8 Å². The minimum atomic E-state index is 0.457. The van der Waals surface area contributed by atoms with Crippen molar-refractivity contribution in [3.8, 4) is 11.8 Å². The molecule has 21 heavy (non-hydrogen) atoms. The summed E-state index contributed by atoms with van der Waals surface area (Å²) in [6.07, 6.45) is 3.45. The molecule has 5 heteroatoms. The molecule has 1 N–H and O–H groups in total. The van der Waals surface area contributed by atoms with Gasteiger partial charge in [0.25, 0.3) is 0 Å². The van der Waals surface area contributed by atoms with E-state index in [9.17, 15) is 5.26 Å². The number of nitriles is 1. The average molecular weight is 276 g/mol. The fourth-order valence-electron chi connectivity index (χ4n) is 1.99. The molecule has 0 aliphatic heterocycles. The highest BCUT2D eigenvalue weighted by atomic mass is 16.5. The second-order valence-corrected chi connectivity index (χ2v) is 4.40. The number of imidazole rings is 1. The number of aromatic nitrogens is 3. The predicted molar refractivity (Wildman–Crippen MR) is 80.4 cm³/mol. The first-order valence-corrected chi connectivity index (χ1v) is 6.37. The summed E-state index contributed by atoms with van der Waals surface area (Å²) in [6.45, 7) is 0. The Hall–Kier alpha value is -3.13. The predicted octanol–water partition coefficient (Wildman–Crippen LogP) is 3.03. The van der Waals surface area contributed by atoms with Crippen molar-refractivity contribution in [1.82, 2.24) is 15.0 Å². The van der Waals surface area contributed by atoms with Gasteiger partial charge in [-0.1, -0.05) is 12.1 Å². The number of nitrogens with one attached hydrogen (secondary N) is 1. The number of ether oxygens (including phenoxy) is 1. The SMILES string of the molecule is COc1ccc(/C=C(\C#N)c2nc3ncccc3[nH]2)cc1. The smallest absolute Gasteiger partial charge is 0.178 e. The van der Waals surface area contributed by atoms with Gasteiger partial charge < -0.3 is 9.72 Å². The van der Waals surface area contributed by atoms with Gasteiger partial charge in [0.2, 0.25) is 0 Å². The van der Waals surface area contributed by atoms with Crippen LogP contribution in [0.3, 0.4) is 0 Å². The van der Waals surface area contributed by atoms with Crippen LogP contribution in [0.15, 0.2) is 42.6 Å². The monoisotopic (exact) mass is 276 g/mol. The number of aromatic amines is 1. The number of allylic oxidation sites excluding steroid dienone is 1. The lowest BCUT2D eigenvalue weighted by Gasteiger charge is -1.99. The topological polar surface area (TPSA) is 74.6 Å². The van der Waals surface area contributed by atoms with Crippen molar-refractivity contribution in [2.75, 3.05) is 7.11 Å². The Morgan fingerprint density at radius 3 is 2.76 bits per heavy atom. The van der Waals surface area contributed by atoms with Crippen LogP contribution in [0.5, 0.6) is 5.75 Å². The maximum atomic E-state index is 9.34. The van der Waals surface area contributed by atoms with Gasteiger partial charge in [-0.05, 0) is 35.9 Å². The van der Waals surface area contributed by atoms with Crippen LogP contribution in [-0.2, 0) is 0 Å². The highest BCUT2D eigenvalue weighted by Gasteiger charge is 2.08. The van der Waals surface area contributed by atoms with Crippen molar-refractivity contribution < 1.29 is 4.74 Å². The van der Waals surface area contributed by atoms with Crippen LogP contribution in [0.4, 0.5) is 0 Å². The number of benzene rings is 1. The quantitative estimate of drug-likeness (QED) is 0.746. The lowest BCUT2D eigenvalue weighted by atomic mass is 10.1. The first kappa shape index (κ1) is 12.9. The van der Waals surface area contributed by atoms with E-state index in [1.54, 1.807) is 19.4 Å². The van der Waals surface area contributed by atoms with E-state index in [-0.39, 0.29) is 0 Å². The van der Waals surface area contributed by atoms with E-state index in [0.29, 0.717) is 17.0 Å². The van der Waals surface area contributed by atoms with Gasteiger partial charge in [-0.2, -0.15) is 5.26 Å². The van der Waals surface area contributed by atoms with Crippen molar-refractivity contribution in [3.63, 3.8) is 0 Å². The Kier molecular flexibility index (Phi) is 3.36. The summed E-state index contributed by atoms with van der Waals surface area (Å²) >= 11 is 0. The number of hydrogen-bond donors (Lipinski definition) is 1. The maximum absolute atomic E-state index is 9.34. The molecule has 0 aliphatic rings. The zero-order chi connectivity index (χ0) is 14.7. The first-order valence-electron chi connectivity index (χ1n) is 6.37. The minimum absolute atomic E-state index is 0.457. The molecule has 0 aliphatic carbocycles. The third-order valence-electron chi connectivity index (χ3n) is 3.06. The number of fused-ring (bicyclic) bond motifs is 1. The van der Waals surface area contributed by atoms with Crippen molar-refractivity contribution in [2.45, 2.75) is 0 Å². The second-order valence-electron chi connectivity index (χ2n) is 4.40. The Balaban J connectivity index is 2.00. The molecule has 0 atom stereocenters. The molecule has 0 spiro atoms. The first-order chi connectivity index (χ1) is 10.3. The van der Waals surface area contributed by atoms with Crippen LogP contribution in [0, 0.1) is 11.3 Å². The number of H-pyrrole nitrogens is 1. The fraction of sp³-hybridized carbons (Fsp3) is 0.0625. The number of hydrogen-bond acceptors (Lipinski definition) is 4. The van der Waals surface area contributed by atoms with Gasteiger partial charge in [0.05, 0.1) is 18.2 Å². The molecule has 2 aromatic heterocycles. The van der Waals surface area contributed by atoms with Crippen molar-refractivity contribution in [1.29, 1.82) is 5.26 Å². The summed E-state index contributed by atoms with van der Waals surface area (Å²) in [5.41, 5.74) is 2.77. The molecule has 0 bridgehead atoms. The lowest BCUT2D eigenvalue weighted by molar-refractivity contribution is 0.415. The highest BCUT2D eigenvalue weighted by molar-refractivity contribution is 5.89. The highest BCUT2D eigenvalue weighted by Crippen LogP contribution is 2.19. The number of rotatable bonds is 3. The molecule has 0 amide bonds. The standard InChI is InChI=1S/C16H12N4O/c1-21-13-6-4-11(5-7-13)9-12(10-17)15-19-14-3-2-8-18-16(14)20-15/h2-9H,1H3,(H,18,19,20)/b12-9+. The minimum Gasteiger partial charge on any atom is -0.497 e. The van der Waals surface area contributed by atoms with E-state index in [0.717, 1.165) is 16.8 Å². The van der Waals surface area contributed by atoms with Gasteiger partial charge in [-0.25, -0.2) is 9.97 Å². The van der Waals surface area contributed by atoms with Crippen LogP contribution < -0.4 is 4.74 Å². The van der Waals surface area contributed by atoms with Gasteiger partial charge in [0.1, 0.15) is 11.8 Å². The summed E-state index contributed by atoms with van der Waals surface area (Å²) in [6, 6.07) is 13.3. The van der Waals surface area contributed by atoms with Gasteiger partial charge in [0, 0.05) is 6.20 Å². The van der Waals surface area contributed by atoms with Crippen molar-refractivity contribution in [3.05, 3.63) is 54.0 Å². The zero-order valence-corrected chi connectivity index (χ0v) is 11.4. The van der Waals surface area contributed by atoms with Gasteiger partial charge in [0.15, 0.2) is 11.5 Å². The molecule has 3 aromatic rings. The van der Waals surface area contributed by atoms with Crippen LogP contribution in [0.2, 0.25) is 0 Å². The molecule has 0 fully saturated rings. The Bertz CT molecular complexity index is 808. The third-order valence-corrected chi connectivity index (χ3v) is 3.06. The summed E-state index contributed by atoms with van der Waals surface area (Å²) in [7, 11) is 1.62. The van der Waals surface area contributed by atoms with Gasteiger partial charge in [-0.15, -0.1) is 0 Å². The van der Waals surface area contributed by atoms with Gasteiger partial charge in [-0.3, -0.25) is 0 Å². The fourth-order valence-corrected chi connectivity index (χ4v) is 1.99. The molecule has 0 saturated carbocycles. The third kappa shape index (κ3) is 2.60. The van der Waals surface area contributed by atoms with E-state index >= 15 is 0 Å². The number of pyridine rings is 1. The zero-order valence-electron chi connectivity index (χ0n) is 11.4. The molecule has 2 heterocycles. The lowest BCUT2D eigenvalue weighted by Crippen LogP contribution is -1.86. The largest absolute Gasteiger partial charge is 0.497 e. The molecule has 1 aromatic carbocycles. The molecule has 0 unspecified atom stereocenters. The molecular weight excluding hydrogens is 264 g/mol. The molecular formula is C16H12N4O.